The van der Waals surface area contributed by atoms with E-state index in [0.29, 0.717) is 19.4 Å². The van der Waals surface area contributed by atoms with Gasteiger partial charge in [-0.05, 0) is 37.1 Å². The van der Waals surface area contributed by atoms with Crippen LogP contribution in [0.25, 0.3) is 0 Å². The molecule has 1 fully saturated rings. The molecule has 1 atom stereocenters. The average Bonchev–Trinajstić information content (AvgIpc) is 2.80. The van der Waals surface area contributed by atoms with Crippen LogP contribution in [0, 0.1) is 6.92 Å². The zero-order chi connectivity index (χ0) is 16.3. The van der Waals surface area contributed by atoms with E-state index in [-0.39, 0.29) is 23.5 Å². The zero-order valence-corrected chi connectivity index (χ0v) is 15.2. The summed E-state index contributed by atoms with van der Waals surface area (Å²) in [4.78, 5) is 13.7. The van der Waals surface area contributed by atoms with Gasteiger partial charge in [0.25, 0.3) is 0 Å². The molecule has 0 saturated carbocycles. The van der Waals surface area contributed by atoms with Gasteiger partial charge in [-0.15, -0.1) is 0 Å². The number of carbonyl (C=O) groups is 1. The second-order valence-electron chi connectivity index (χ2n) is 5.70. The first-order valence-corrected chi connectivity index (χ1v) is 9.86. The SMILES string of the molecule is Cc1cc(Br)ccc1NCCC(=O)N(C)C1CCS(=O)(=O)C1. The largest absolute Gasteiger partial charge is 0.384 e. The molecule has 5 nitrogen and oxygen atoms in total. The lowest BCUT2D eigenvalue weighted by Crippen LogP contribution is -2.38. The maximum atomic E-state index is 12.2. The van der Waals surface area contributed by atoms with E-state index in [1.165, 1.54) is 0 Å². The molecule has 1 aliphatic rings. The fraction of sp³-hybridized carbons (Fsp3) is 0.533. The second-order valence-corrected chi connectivity index (χ2v) is 8.84. The van der Waals surface area contributed by atoms with Crippen LogP contribution in [0.15, 0.2) is 22.7 Å². The van der Waals surface area contributed by atoms with Crippen LogP contribution in [0.3, 0.4) is 0 Å². The van der Waals surface area contributed by atoms with Crippen LogP contribution in [0.4, 0.5) is 5.69 Å². The standard InChI is InChI=1S/C15H21BrN2O3S/c1-11-9-12(16)3-4-14(11)17-7-5-15(19)18(2)13-6-8-22(20,21)10-13/h3-4,9,13,17H,5-8,10H2,1-2H3. The van der Waals surface area contributed by atoms with Gasteiger partial charge in [-0.2, -0.15) is 0 Å². The fourth-order valence-electron chi connectivity index (χ4n) is 2.59. The maximum absolute atomic E-state index is 12.2. The molecule has 0 radical (unpaired) electrons. The molecule has 0 aromatic heterocycles. The van der Waals surface area contributed by atoms with E-state index in [0.717, 1.165) is 15.7 Å². The van der Waals surface area contributed by atoms with Crippen molar-refractivity contribution >= 4 is 37.4 Å². The number of anilines is 1. The minimum atomic E-state index is -2.96. The number of benzene rings is 1. The van der Waals surface area contributed by atoms with E-state index in [9.17, 15) is 13.2 Å². The predicted octanol–water partition coefficient (Wildman–Crippen LogP) is 2.21. The normalized spacial score (nSPS) is 19.9. The van der Waals surface area contributed by atoms with Crippen LogP contribution in [0.5, 0.6) is 0 Å². The Morgan fingerprint density at radius 2 is 2.18 bits per heavy atom. The van der Waals surface area contributed by atoms with Crippen molar-refractivity contribution in [2.75, 3.05) is 30.4 Å². The lowest BCUT2D eigenvalue weighted by molar-refractivity contribution is -0.131. The number of nitrogens with zero attached hydrogens (tertiary/aromatic N) is 1. The molecule has 0 aliphatic carbocycles. The summed E-state index contributed by atoms with van der Waals surface area (Å²) in [6.45, 7) is 2.54. The second kappa shape index (κ2) is 7.00. The van der Waals surface area contributed by atoms with Crippen LogP contribution >= 0.6 is 15.9 Å². The van der Waals surface area contributed by atoms with Crippen LogP contribution in [-0.2, 0) is 14.6 Å². The Hall–Kier alpha value is -1.08. The molecule has 1 N–H and O–H groups in total. The van der Waals surface area contributed by atoms with E-state index in [4.69, 9.17) is 0 Å². The quantitative estimate of drug-likeness (QED) is 0.839. The molecule has 0 bridgehead atoms. The Balaban J connectivity index is 1.82. The summed E-state index contributed by atoms with van der Waals surface area (Å²) >= 11 is 3.42. The fourth-order valence-corrected chi connectivity index (χ4v) is 4.84. The first-order valence-electron chi connectivity index (χ1n) is 7.24. The number of sulfone groups is 1. The van der Waals surface area contributed by atoms with E-state index in [1.54, 1.807) is 11.9 Å². The maximum Gasteiger partial charge on any atom is 0.224 e. The summed E-state index contributed by atoms with van der Waals surface area (Å²) < 4.78 is 24.0. The third-order valence-electron chi connectivity index (χ3n) is 3.99. The van der Waals surface area contributed by atoms with E-state index < -0.39 is 9.84 Å². The summed E-state index contributed by atoms with van der Waals surface area (Å²) in [5, 5.41) is 3.25. The molecule has 1 saturated heterocycles. The Morgan fingerprint density at radius 1 is 1.45 bits per heavy atom. The zero-order valence-electron chi connectivity index (χ0n) is 12.8. The lowest BCUT2D eigenvalue weighted by atomic mass is 10.2. The number of amides is 1. The van der Waals surface area contributed by atoms with Crippen LogP contribution in [0.1, 0.15) is 18.4 Å². The number of halogens is 1. The Labute approximate surface area is 140 Å². The summed E-state index contributed by atoms with van der Waals surface area (Å²) in [6, 6.07) is 5.76. The van der Waals surface area contributed by atoms with Gasteiger partial charge >= 0.3 is 0 Å². The van der Waals surface area contributed by atoms with E-state index in [2.05, 4.69) is 21.2 Å². The van der Waals surface area contributed by atoms with Gasteiger partial charge in [0.15, 0.2) is 9.84 Å². The third kappa shape index (κ3) is 4.46. The van der Waals surface area contributed by atoms with Gasteiger partial charge in [-0.3, -0.25) is 4.79 Å². The predicted molar refractivity (Wildman–Crippen MR) is 91.8 cm³/mol. The van der Waals surface area contributed by atoms with Gasteiger partial charge in [0.2, 0.25) is 5.91 Å². The van der Waals surface area contributed by atoms with Crippen molar-refractivity contribution in [3.05, 3.63) is 28.2 Å². The Morgan fingerprint density at radius 3 is 2.77 bits per heavy atom. The number of aryl methyl sites for hydroxylation is 1. The first kappa shape index (κ1) is 17.3. The molecule has 1 unspecified atom stereocenters. The monoisotopic (exact) mass is 388 g/mol. The van der Waals surface area contributed by atoms with Crippen LogP contribution < -0.4 is 5.32 Å². The third-order valence-corrected chi connectivity index (χ3v) is 6.24. The molecule has 0 spiro atoms. The minimum Gasteiger partial charge on any atom is -0.384 e. The van der Waals surface area contributed by atoms with Crippen molar-refractivity contribution in [3.8, 4) is 0 Å². The van der Waals surface area contributed by atoms with Gasteiger partial charge in [0.05, 0.1) is 11.5 Å². The van der Waals surface area contributed by atoms with Crippen molar-refractivity contribution in [2.24, 2.45) is 0 Å². The van der Waals surface area contributed by atoms with Crippen LogP contribution in [0.2, 0.25) is 0 Å². The molecule has 1 aliphatic heterocycles. The topological polar surface area (TPSA) is 66.5 Å². The van der Waals surface area contributed by atoms with Crippen molar-refractivity contribution in [1.29, 1.82) is 0 Å². The van der Waals surface area contributed by atoms with Gasteiger partial charge < -0.3 is 10.2 Å². The highest BCUT2D eigenvalue weighted by atomic mass is 79.9. The summed E-state index contributed by atoms with van der Waals surface area (Å²) in [7, 11) is -1.27. The van der Waals surface area contributed by atoms with Gasteiger partial charge in [-0.25, -0.2) is 8.42 Å². The molecule has 1 amide bonds. The van der Waals surface area contributed by atoms with Gasteiger partial charge in [0, 0.05) is 36.2 Å². The first-order chi connectivity index (χ1) is 10.3. The molecular weight excluding hydrogens is 368 g/mol. The number of rotatable bonds is 5. The molecule has 122 valence electrons. The smallest absolute Gasteiger partial charge is 0.224 e. The highest BCUT2D eigenvalue weighted by molar-refractivity contribution is 9.10. The molecule has 22 heavy (non-hydrogen) atoms. The minimum absolute atomic E-state index is 0.0237. The summed E-state index contributed by atoms with van der Waals surface area (Å²) in [5.41, 5.74) is 2.11. The van der Waals surface area contributed by atoms with Crippen molar-refractivity contribution in [3.63, 3.8) is 0 Å². The lowest BCUT2D eigenvalue weighted by Gasteiger charge is -2.23. The molecule has 7 heteroatoms. The number of hydrogen-bond acceptors (Lipinski definition) is 4. The molecular formula is C15H21BrN2O3S. The number of nitrogens with one attached hydrogen (secondary N) is 1. The van der Waals surface area contributed by atoms with E-state index >= 15 is 0 Å². The highest BCUT2D eigenvalue weighted by Crippen LogP contribution is 2.20. The van der Waals surface area contributed by atoms with Gasteiger partial charge in [0.1, 0.15) is 0 Å². The number of hydrogen-bond donors (Lipinski definition) is 1. The van der Waals surface area contributed by atoms with Gasteiger partial charge in [-0.1, -0.05) is 15.9 Å². The highest BCUT2D eigenvalue weighted by Gasteiger charge is 2.32. The molecule has 1 aromatic carbocycles. The van der Waals surface area contributed by atoms with E-state index in [1.807, 2.05) is 25.1 Å². The van der Waals surface area contributed by atoms with Crippen molar-refractivity contribution < 1.29 is 13.2 Å². The van der Waals surface area contributed by atoms with Crippen molar-refractivity contribution in [1.82, 2.24) is 4.90 Å². The molecule has 1 aromatic rings. The van der Waals surface area contributed by atoms with Crippen molar-refractivity contribution in [2.45, 2.75) is 25.8 Å². The Bertz CT molecular complexity index is 661. The molecule has 2 rings (SSSR count). The van der Waals surface area contributed by atoms with Crippen LogP contribution in [-0.4, -0.2) is 50.4 Å². The average molecular weight is 389 g/mol. The summed E-state index contributed by atoms with van der Waals surface area (Å²) in [5.74, 6) is 0.254. The number of carbonyl (C=O) groups excluding carboxylic acids is 1. The molecule has 1 heterocycles. The Kier molecular flexibility index (Phi) is 5.50. The summed E-state index contributed by atoms with van der Waals surface area (Å²) in [6.07, 6.45) is 0.895.